The third-order valence-corrected chi connectivity index (χ3v) is 5.51. The van der Waals surface area contributed by atoms with Crippen LogP contribution in [-0.2, 0) is 22.4 Å². The number of H-pyrrole nitrogens is 1. The molecule has 2 heterocycles. The summed E-state index contributed by atoms with van der Waals surface area (Å²) >= 11 is 0. The van der Waals surface area contributed by atoms with Crippen molar-refractivity contribution >= 4 is 34.4 Å². The monoisotopic (exact) mass is 404 g/mol. The maximum atomic E-state index is 12.8. The number of urea groups is 1. The largest absolute Gasteiger partial charge is 0.361 e. The fourth-order valence-electron chi connectivity index (χ4n) is 3.91. The Morgan fingerprint density at radius 2 is 1.90 bits per heavy atom. The molecule has 1 saturated heterocycles. The second-order valence-corrected chi connectivity index (χ2v) is 7.50. The van der Waals surface area contributed by atoms with Gasteiger partial charge >= 0.3 is 6.03 Å². The topological polar surface area (TPSA) is 94.3 Å². The highest BCUT2D eigenvalue weighted by Gasteiger charge is 2.39. The molecule has 2 aromatic carbocycles. The van der Waals surface area contributed by atoms with Crippen molar-refractivity contribution in [1.82, 2.24) is 15.2 Å². The fourth-order valence-corrected chi connectivity index (χ4v) is 3.91. The van der Waals surface area contributed by atoms with Gasteiger partial charge in [0.2, 0.25) is 5.91 Å². The lowest BCUT2D eigenvalue weighted by Crippen LogP contribution is -2.38. The highest BCUT2D eigenvalue weighted by molar-refractivity contribution is 6.08. The van der Waals surface area contributed by atoms with Crippen LogP contribution in [0.15, 0.2) is 48.7 Å². The van der Waals surface area contributed by atoms with Gasteiger partial charge in [-0.15, -0.1) is 0 Å². The van der Waals surface area contributed by atoms with Gasteiger partial charge in [0, 0.05) is 29.2 Å². The number of benzene rings is 2. The molecular formula is C23H24N4O3. The van der Waals surface area contributed by atoms with Gasteiger partial charge in [-0.25, -0.2) is 4.79 Å². The molecule has 0 saturated carbocycles. The van der Waals surface area contributed by atoms with Crippen LogP contribution < -0.4 is 10.6 Å². The molecular weight excluding hydrogens is 380 g/mol. The van der Waals surface area contributed by atoms with Crippen molar-refractivity contribution in [2.45, 2.75) is 32.7 Å². The van der Waals surface area contributed by atoms with Crippen LogP contribution in [0.4, 0.5) is 10.5 Å². The summed E-state index contributed by atoms with van der Waals surface area (Å²) < 4.78 is 0. The number of aromatic nitrogens is 1. The smallest absolute Gasteiger partial charge is 0.325 e. The predicted octanol–water partition coefficient (Wildman–Crippen LogP) is 3.14. The molecule has 3 aromatic rings. The Morgan fingerprint density at radius 1 is 1.10 bits per heavy atom. The maximum absolute atomic E-state index is 12.8. The normalized spacial score (nSPS) is 16.2. The zero-order chi connectivity index (χ0) is 21.3. The van der Waals surface area contributed by atoms with E-state index in [2.05, 4.69) is 15.6 Å². The third kappa shape index (κ3) is 3.66. The van der Waals surface area contributed by atoms with E-state index < -0.39 is 18.0 Å². The van der Waals surface area contributed by atoms with Crippen LogP contribution in [0.2, 0.25) is 0 Å². The molecule has 1 fully saturated rings. The molecule has 1 aromatic heterocycles. The van der Waals surface area contributed by atoms with Gasteiger partial charge in [-0.2, -0.15) is 0 Å². The number of hydrogen-bond donors (Lipinski definition) is 3. The number of para-hydroxylation sites is 2. The van der Waals surface area contributed by atoms with Crippen molar-refractivity contribution in [1.29, 1.82) is 0 Å². The van der Waals surface area contributed by atoms with Crippen LogP contribution in [0.1, 0.15) is 23.6 Å². The number of carbonyl (C=O) groups excluding carboxylic acids is 3. The summed E-state index contributed by atoms with van der Waals surface area (Å²) in [5.74, 6) is -0.781. The highest BCUT2D eigenvalue weighted by atomic mass is 16.2. The molecule has 154 valence electrons. The van der Waals surface area contributed by atoms with Gasteiger partial charge in [0.05, 0.1) is 0 Å². The lowest BCUT2D eigenvalue weighted by atomic mass is 10.0. The third-order valence-electron chi connectivity index (χ3n) is 5.51. The Hall–Kier alpha value is -3.61. The number of nitrogens with one attached hydrogen (secondary N) is 3. The maximum Gasteiger partial charge on any atom is 0.325 e. The Kier molecular flexibility index (Phi) is 5.27. The molecule has 0 radical (unpaired) electrons. The van der Waals surface area contributed by atoms with Gasteiger partial charge in [-0.1, -0.05) is 43.3 Å². The number of aromatic amines is 1. The fraction of sp³-hybridized carbons (Fsp3) is 0.261. The van der Waals surface area contributed by atoms with Gasteiger partial charge in [-0.3, -0.25) is 14.5 Å². The first kappa shape index (κ1) is 19.7. The van der Waals surface area contributed by atoms with Crippen molar-refractivity contribution in [2.75, 3.05) is 11.9 Å². The Balaban J connectivity index is 1.45. The summed E-state index contributed by atoms with van der Waals surface area (Å²) in [6.45, 7) is 3.61. The first-order valence-corrected chi connectivity index (χ1v) is 10.0. The van der Waals surface area contributed by atoms with E-state index in [-0.39, 0.29) is 12.5 Å². The average Bonchev–Trinajstić information content (AvgIpc) is 3.26. The minimum Gasteiger partial charge on any atom is -0.361 e. The molecule has 4 rings (SSSR count). The van der Waals surface area contributed by atoms with Crippen molar-refractivity contribution in [2.24, 2.45) is 0 Å². The van der Waals surface area contributed by atoms with Crippen molar-refractivity contribution in [3.05, 3.63) is 65.4 Å². The number of imide groups is 1. The van der Waals surface area contributed by atoms with E-state index in [4.69, 9.17) is 0 Å². The number of fused-ring (bicyclic) bond motifs is 1. The molecule has 1 aliphatic rings. The summed E-state index contributed by atoms with van der Waals surface area (Å²) in [6.07, 6.45) is 2.99. The number of nitrogens with zero attached hydrogens (tertiary/aromatic N) is 1. The minimum absolute atomic E-state index is 0.313. The summed E-state index contributed by atoms with van der Waals surface area (Å²) in [5.41, 5.74) is 4.62. The van der Waals surface area contributed by atoms with Gasteiger partial charge in [-0.05, 0) is 36.1 Å². The summed E-state index contributed by atoms with van der Waals surface area (Å²) in [5, 5.41) is 6.58. The van der Waals surface area contributed by atoms with E-state index in [0.717, 1.165) is 44.6 Å². The first-order chi connectivity index (χ1) is 14.5. The van der Waals surface area contributed by atoms with Crippen molar-refractivity contribution in [3.8, 4) is 0 Å². The van der Waals surface area contributed by atoms with Crippen molar-refractivity contribution < 1.29 is 14.4 Å². The molecule has 1 aliphatic heterocycles. The zero-order valence-electron chi connectivity index (χ0n) is 17.0. The molecule has 7 nitrogen and oxygen atoms in total. The van der Waals surface area contributed by atoms with E-state index in [1.807, 2.05) is 62.5 Å². The number of aryl methyl sites for hydroxylation is 2. The Labute approximate surface area is 174 Å². The molecule has 7 heteroatoms. The second-order valence-electron chi connectivity index (χ2n) is 7.50. The van der Waals surface area contributed by atoms with Crippen LogP contribution >= 0.6 is 0 Å². The molecule has 0 spiro atoms. The van der Waals surface area contributed by atoms with Crippen molar-refractivity contribution in [3.63, 3.8) is 0 Å². The molecule has 30 heavy (non-hydrogen) atoms. The van der Waals surface area contributed by atoms with E-state index in [1.54, 1.807) is 0 Å². The Bertz CT molecular complexity index is 1130. The summed E-state index contributed by atoms with van der Waals surface area (Å²) in [4.78, 5) is 41.9. The zero-order valence-corrected chi connectivity index (χ0v) is 17.0. The molecule has 0 aliphatic carbocycles. The molecule has 4 amide bonds. The van der Waals surface area contributed by atoms with Gasteiger partial charge in [0.15, 0.2) is 0 Å². The molecule has 3 N–H and O–H groups in total. The lowest BCUT2D eigenvalue weighted by Gasteiger charge is -2.16. The van der Waals surface area contributed by atoms with Crippen LogP contribution in [0.25, 0.3) is 10.9 Å². The van der Waals surface area contributed by atoms with E-state index in [9.17, 15) is 14.4 Å². The number of rotatable bonds is 6. The second kappa shape index (κ2) is 8.02. The van der Waals surface area contributed by atoms with Crippen LogP contribution in [0.3, 0.4) is 0 Å². The van der Waals surface area contributed by atoms with Gasteiger partial charge in [0.1, 0.15) is 12.6 Å². The number of hydrogen-bond acceptors (Lipinski definition) is 3. The number of carbonyl (C=O) groups is 3. The SMILES string of the molecule is CCc1cccc(C)c1NC(=O)CN1C(=O)N[C@H](Cc2c[nH]c3ccccc23)C1=O. The van der Waals surface area contributed by atoms with Gasteiger partial charge in [0.25, 0.3) is 5.91 Å². The van der Waals surface area contributed by atoms with Gasteiger partial charge < -0.3 is 15.6 Å². The quantitative estimate of drug-likeness (QED) is 0.551. The van der Waals surface area contributed by atoms with Crippen LogP contribution in [0.5, 0.6) is 0 Å². The number of amides is 4. The first-order valence-electron chi connectivity index (χ1n) is 10.0. The molecule has 0 unspecified atom stereocenters. The van der Waals surface area contributed by atoms with E-state index >= 15 is 0 Å². The molecule has 1 atom stereocenters. The average molecular weight is 404 g/mol. The van der Waals surface area contributed by atoms with E-state index in [0.29, 0.717) is 6.42 Å². The van der Waals surface area contributed by atoms with E-state index in [1.165, 1.54) is 0 Å². The number of anilines is 1. The lowest BCUT2D eigenvalue weighted by molar-refractivity contribution is -0.130. The minimum atomic E-state index is -0.686. The summed E-state index contributed by atoms with van der Waals surface area (Å²) in [6, 6.07) is 12.4. The highest BCUT2D eigenvalue weighted by Crippen LogP contribution is 2.23. The van der Waals surface area contributed by atoms with Crippen LogP contribution in [0, 0.1) is 6.92 Å². The predicted molar refractivity (Wildman–Crippen MR) is 115 cm³/mol. The van der Waals surface area contributed by atoms with Crippen LogP contribution in [-0.4, -0.2) is 40.3 Å². The Morgan fingerprint density at radius 3 is 2.70 bits per heavy atom. The molecule has 0 bridgehead atoms. The summed E-state index contributed by atoms with van der Waals surface area (Å²) in [7, 11) is 0. The standard InChI is InChI=1S/C23H24N4O3/c1-3-15-8-6-7-14(2)21(15)26-20(28)13-27-22(29)19(25-23(27)30)11-16-12-24-18-10-5-4-9-17(16)18/h4-10,12,19,24H,3,11,13H2,1-2H3,(H,25,30)(H,26,28)/t19-/m1/s1.